The zero-order chi connectivity index (χ0) is 26.5. The molecule has 2 N–H and O–H groups in total. The number of urea groups is 1. The Bertz CT molecular complexity index is 1350. The van der Waals surface area contributed by atoms with E-state index in [2.05, 4.69) is 26.0 Å². The standard InChI is InChI=1S/C25H26BrCl2N3O4S/c1-4-10-36(33,34)30-23-7-5-6-22(16(23)2)29-25(32)31(3)15-17-8-9-18(26)11-24(17)35-21-13-19(27)12-20(28)14-21/h5-9,11-14,30H,4,10,15H2,1-3H3,(H,29,32). The van der Waals surface area contributed by atoms with Crippen molar-refractivity contribution in [3.63, 3.8) is 0 Å². The van der Waals surface area contributed by atoms with Crippen molar-refractivity contribution in [2.45, 2.75) is 26.8 Å². The van der Waals surface area contributed by atoms with Crippen LogP contribution >= 0.6 is 39.1 Å². The van der Waals surface area contributed by atoms with E-state index in [4.69, 9.17) is 27.9 Å². The lowest BCUT2D eigenvalue weighted by atomic mass is 10.1. The maximum atomic E-state index is 13.0. The zero-order valence-corrected chi connectivity index (χ0v) is 23.9. The molecule has 0 aliphatic rings. The number of benzene rings is 3. The Morgan fingerprint density at radius 3 is 2.39 bits per heavy atom. The molecule has 0 heterocycles. The Hall–Kier alpha value is -2.46. The Labute approximate surface area is 229 Å². The van der Waals surface area contributed by atoms with Gasteiger partial charge in [-0.05, 0) is 61.4 Å². The quantitative estimate of drug-likeness (QED) is 0.259. The van der Waals surface area contributed by atoms with Crippen LogP contribution in [0.3, 0.4) is 0 Å². The van der Waals surface area contributed by atoms with Crippen molar-refractivity contribution >= 4 is 66.6 Å². The highest BCUT2D eigenvalue weighted by atomic mass is 79.9. The van der Waals surface area contributed by atoms with Crippen LogP contribution in [0.5, 0.6) is 11.5 Å². The molecular weight excluding hydrogens is 589 g/mol. The minimum atomic E-state index is -3.46. The SMILES string of the molecule is CCCS(=O)(=O)Nc1cccc(NC(=O)N(C)Cc2ccc(Br)cc2Oc2cc(Cl)cc(Cl)c2)c1C. The van der Waals surface area contributed by atoms with Gasteiger partial charge < -0.3 is 15.0 Å². The molecule has 0 saturated carbocycles. The number of nitrogens with zero attached hydrogens (tertiary/aromatic N) is 1. The summed E-state index contributed by atoms with van der Waals surface area (Å²) in [5.41, 5.74) is 2.30. The van der Waals surface area contributed by atoms with Gasteiger partial charge in [0.1, 0.15) is 11.5 Å². The smallest absolute Gasteiger partial charge is 0.321 e. The van der Waals surface area contributed by atoms with Gasteiger partial charge in [0.05, 0.1) is 18.0 Å². The van der Waals surface area contributed by atoms with E-state index >= 15 is 0 Å². The number of ether oxygens (including phenoxy) is 1. The van der Waals surface area contributed by atoms with Gasteiger partial charge in [-0.1, -0.05) is 58.2 Å². The third-order valence-corrected chi connectivity index (χ3v) is 7.57. The molecule has 0 spiro atoms. The van der Waals surface area contributed by atoms with Crippen molar-refractivity contribution in [1.29, 1.82) is 0 Å². The molecule has 11 heteroatoms. The molecule has 3 rings (SSSR count). The van der Waals surface area contributed by atoms with Gasteiger partial charge in [0.15, 0.2) is 0 Å². The third kappa shape index (κ3) is 7.77. The molecule has 0 bridgehead atoms. The molecule has 3 aromatic rings. The van der Waals surface area contributed by atoms with Gasteiger partial charge in [-0.2, -0.15) is 0 Å². The number of amides is 2. The Morgan fingerprint density at radius 1 is 1.06 bits per heavy atom. The molecule has 36 heavy (non-hydrogen) atoms. The van der Waals surface area contributed by atoms with Crippen LogP contribution in [0, 0.1) is 6.92 Å². The van der Waals surface area contributed by atoms with E-state index in [0.29, 0.717) is 44.9 Å². The van der Waals surface area contributed by atoms with Gasteiger partial charge >= 0.3 is 6.03 Å². The second-order valence-corrected chi connectivity index (χ2v) is 11.8. The number of sulfonamides is 1. The van der Waals surface area contributed by atoms with Crippen molar-refractivity contribution in [3.8, 4) is 11.5 Å². The monoisotopic (exact) mass is 613 g/mol. The first-order chi connectivity index (χ1) is 17.0. The van der Waals surface area contributed by atoms with Crippen molar-refractivity contribution in [3.05, 3.63) is 80.2 Å². The maximum absolute atomic E-state index is 13.0. The number of carbonyl (C=O) groups excluding carboxylic acids is 1. The normalized spacial score (nSPS) is 11.2. The molecule has 0 aliphatic heterocycles. The summed E-state index contributed by atoms with van der Waals surface area (Å²) in [7, 11) is -1.80. The number of rotatable bonds is 9. The number of nitrogens with one attached hydrogen (secondary N) is 2. The van der Waals surface area contributed by atoms with Crippen molar-refractivity contribution in [2.24, 2.45) is 0 Å². The summed E-state index contributed by atoms with van der Waals surface area (Å²) in [6, 6.07) is 15.1. The fraction of sp³-hybridized carbons (Fsp3) is 0.240. The molecule has 0 saturated heterocycles. The summed E-state index contributed by atoms with van der Waals surface area (Å²) in [5, 5.41) is 3.74. The maximum Gasteiger partial charge on any atom is 0.321 e. The predicted octanol–water partition coefficient (Wildman–Crippen LogP) is 7.67. The van der Waals surface area contributed by atoms with Gasteiger partial charge in [-0.3, -0.25) is 4.72 Å². The molecule has 2 amide bonds. The lowest BCUT2D eigenvalue weighted by Crippen LogP contribution is -2.31. The van der Waals surface area contributed by atoms with E-state index in [1.165, 1.54) is 4.90 Å². The number of halogens is 3. The van der Waals surface area contributed by atoms with Crippen molar-refractivity contribution in [2.75, 3.05) is 22.8 Å². The van der Waals surface area contributed by atoms with Crippen LogP contribution in [0.4, 0.5) is 16.2 Å². The second-order valence-electron chi connectivity index (χ2n) is 8.14. The molecule has 0 atom stereocenters. The average Bonchev–Trinajstić information content (AvgIpc) is 2.77. The Kier molecular flexibility index (Phi) is 9.52. The molecule has 0 radical (unpaired) electrons. The zero-order valence-electron chi connectivity index (χ0n) is 19.9. The number of hydrogen-bond acceptors (Lipinski definition) is 4. The van der Waals surface area contributed by atoms with E-state index in [9.17, 15) is 13.2 Å². The topological polar surface area (TPSA) is 87.7 Å². The summed E-state index contributed by atoms with van der Waals surface area (Å²) in [5.74, 6) is 1.02. The van der Waals surface area contributed by atoms with Crippen LogP contribution in [0.1, 0.15) is 24.5 Å². The largest absolute Gasteiger partial charge is 0.457 e. The van der Waals surface area contributed by atoms with E-state index in [-0.39, 0.29) is 18.3 Å². The van der Waals surface area contributed by atoms with Gasteiger partial charge in [0.25, 0.3) is 0 Å². The van der Waals surface area contributed by atoms with E-state index in [1.54, 1.807) is 63.4 Å². The number of hydrogen-bond donors (Lipinski definition) is 2. The highest BCUT2D eigenvalue weighted by Crippen LogP contribution is 2.33. The van der Waals surface area contributed by atoms with Crippen LogP contribution in [-0.2, 0) is 16.6 Å². The van der Waals surface area contributed by atoms with Gasteiger partial charge in [-0.15, -0.1) is 0 Å². The molecular formula is C25H26BrCl2N3O4S. The molecule has 192 valence electrons. The van der Waals surface area contributed by atoms with Crippen molar-refractivity contribution < 1.29 is 17.9 Å². The van der Waals surface area contributed by atoms with Gasteiger partial charge in [-0.25, -0.2) is 13.2 Å². The minimum Gasteiger partial charge on any atom is -0.457 e. The summed E-state index contributed by atoms with van der Waals surface area (Å²) < 4.78 is 33.8. The number of anilines is 2. The summed E-state index contributed by atoms with van der Waals surface area (Å²) >= 11 is 15.6. The van der Waals surface area contributed by atoms with Crippen LogP contribution in [0.2, 0.25) is 10.0 Å². The fourth-order valence-corrected chi connectivity index (χ4v) is 5.42. The lowest BCUT2D eigenvalue weighted by molar-refractivity contribution is 0.220. The Morgan fingerprint density at radius 2 is 1.72 bits per heavy atom. The molecule has 3 aromatic carbocycles. The first-order valence-electron chi connectivity index (χ1n) is 11.0. The molecule has 0 aliphatic carbocycles. The van der Waals surface area contributed by atoms with E-state index < -0.39 is 10.0 Å². The van der Waals surface area contributed by atoms with Gasteiger partial charge in [0.2, 0.25) is 10.0 Å². The van der Waals surface area contributed by atoms with E-state index in [0.717, 1.165) is 10.0 Å². The van der Waals surface area contributed by atoms with Crippen molar-refractivity contribution in [1.82, 2.24) is 4.90 Å². The summed E-state index contributed by atoms with van der Waals surface area (Å²) in [4.78, 5) is 14.5. The lowest BCUT2D eigenvalue weighted by Gasteiger charge is -2.21. The minimum absolute atomic E-state index is 0.0186. The molecule has 0 fully saturated rings. The first kappa shape index (κ1) is 28.1. The van der Waals surface area contributed by atoms with Gasteiger partial charge in [0, 0.05) is 32.8 Å². The molecule has 0 unspecified atom stereocenters. The summed E-state index contributed by atoms with van der Waals surface area (Å²) in [6.07, 6.45) is 0.502. The predicted molar refractivity (Wildman–Crippen MR) is 150 cm³/mol. The highest BCUT2D eigenvalue weighted by Gasteiger charge is 2.17. The van der Waals surface area contributed by atoms with Crippen LogP contribution in [-0.4, -0.2) is 32.1 Å². The van der Waals surface area contributed by atoms with Crippen LogP contribution in [0.15, 0.2) is 59.1 Å². The van der Waals surface area contributed by atoms with E-state index in [1.807, 2.05) is 12.1 Å². The summed E-state index contributed by atoms with van der Waals surface area (Å²) in [6.45, 7) is 3.78. The Balaban J connectivity index is 1.76. The first-order valence-corrected chi connectivity index (χ1v) is 14.2. The average molecular weight is 615 g/mol. The highest BCUT2D eigenvalue weighted by molar-refractivity contribution is 9.10. The third-order valence-electron chi connectivity index (χ3n) is 5.16. The second kappa shape index (κ2) is 12.2. The molecule has 0 aromatic heterocycles. The van der Waals surface area contributed by atoms with Crippen LogP contribution in [0.25, 0.3) is 0 Å². The fourth-order valence-electron chi connectivity index (χ4n) is 3.38. The van der Waals surface area contributed by atoms with Crippen LogP contribution < -0.4 is 14.8 Å². The molecule has 7 nitrogen and oxygen atoms in total. The number of carbonyl (C=O) groups is 1.